The van der Waals surface area contributed by atoms with Crippen LogP contribution in [0, 0.1) is 0 Å². The van der Waals surface area contributed by atoms with E-state index >= 15 is 0 Å². The van der Waals surface area contributed by atoms with Gasteiger partial charge in [-0.15, -0.1) is 0 Å². The van der Waals surface area contributed by atoms with Crippen LogP contribution in [-0.4, -0.2) is 11.9 Å². The van der Waals surface area contributed by atoms with Crippen molar-refractivity contribution in [1.82, 2.24) is 0 Å². The molecule has 63 valence electrons. The molecule has 2 nitrogen and oxygen atoms in total. The molecule has 0 aromatic heterocycles. The van der Waals surface area contributed by atoms with Crippen molar-refractivity contribution >= 4 is 0 Å². The summed E-state index contributed by atoms with van der Waals surface area (Å²) in [7, 11) is 0. The molecule has 0 spiro atoms. The summed E-state index contributed by atoms with van der Waals surface area (Å²) < 4.78 is 5.48. The molecule has 2 fully saturated rings. The first-order chi connectivity index (χ1) is 5.29. The van der Waals surface area contributed by atoms with Crippen molar-refractivity contribution in [3.8, 4) is 0 Å². The van der Waals surface area contributed by atoms with Crippen molar-refractivity contribution in [3.05, 3.63) is 0 Å². The molecular weight excluding hydrogens is 140 g/mol. The van der Waals surface area contributed by atoms with Crippen molar-refractivity contribution in [2.24, 2.45) is 0 Å². The summed E-state index contributed by atoms with van der Waals surface area (Å²) in [6.07, 6.45) is 7.40. The molecule has 0 aromatic rings. The van der Waals surface area contributed by atoms with E-state index in [1.165, 1.54) is 6.42 Å². The Morgan fingerprint density at radius 3 is 2.18 bits per heavy atom. The summed E-state index contributed by atoms with van der Waals surface area (Å²) in [6, 6.07) is 0. The zero-order chi connectivity index (χ0) is 7.73. The maximum absolute atomic E-state index is 11.7. The third-order valence-electron chi connectivity index (χ3n) is 2.80. The van der Waals surface area contributed by atoms with Crippen LogP contribution in [-0.2, 0) is 9.84 Å². The van der Waals surface area contributed by atoms with Crippen LogP contribution in [0.25, 0.3) is 0 Å². The van der Waals surface area contributed by atoms with Gasteiger partial charge in [0, 0.05) is 12.8 Å². The van der Waals surface area contributed by atoms with E-state index in [9.17, 15) is 5.11 Å². The molecule has 2 heteroatoms. The van der Waals surface area contributed by atoms with E-state index in [4.69, 9.17) is 4.74 Å². The minimum absolute atomic E-state index is 0.311. The van der Waals surface area contributed by atoms with Gasteiger partial charge >= 0.3 is 0 Å². The predicted molar refractivity (Wildman–Crippen MR) is 40.6 cm³/mol. The molecule has 0 aliphatic heterocycles. The molecule has 0 amide bonds. The molecule has 0 N–H and O–H groups in total. The molecule has 2 aliphatic carbocycles. The third kappa shape index (κ3) is 1.57. The van der Waals surface area contributed by atoms with E-state index in [1.807, 2.05) is 0 Å². The molecule has 2 aliphatic rings. The monoisotopic (exact) mass is 155 g/mol. The van der Waals surface area contributed by atoms with Crippen LogP contribution >= 0.6 is 0 Å². The fourth-order valence-corrected chi connectivity index (χ4v) is 1.82. The van der Waals surface area contributed by atoms with E-state index < -0.39 is 5.79 Å². The highest BCUT2D eigenvalue weighted by atomic mass is 16.6. The smallest absolute Gasteiger partial charge is 0.201 e. The van der Waals surface area contributed by atoms with Crippen LogP contribution < -0.4 is 0 Å². The molecule has 0 atom stereocenters. The van der Waals surface area contributed by atoms with Crippen LogP contribution in [0.4, 0.5) is 0 Å². The summed E-state index contributed by atoms with van der Waals surface area (Å²) >= 11 is 0. The Morgan fingerprint density at radius 2 is 1.73 bits per heavy atom. The maximum Gasteiger partial charge on any atom is 0.201 e. The molecule has 0 aromatic carbocycles. The van der Waals surface area contributed by atoms with E-state index in [1.54, 1.807) is 0 Å². The number of rotatable bonds is 2. The fourth-order valence-electron chi connectivity index (χ4n) is 1.82. The lowest BCUT2D eigenvalue weighted by atomic mass is 9.96. The van der Waals surface area contributed by atoms with Gasteiger partial charge in [0.05, 0.1) is 6.10 Å². The largest absolute Gasteiger partial charge is 0.344 e. The van der Waals surface area contributed by atoms with Crippen LogP contribution in [0.15, 0.2) is 0 Å². The quantitative estimate of drug-likeness (QED) is 0.562. The van der Waals surface area contributed by atoms with Gasteiger partial charge in [-0.3, -0.25) is 0 Å². The second-order valence-electron chi connectivity index (χ2n) is 3.79. The summed E-state index contributed by atoms with van der Waals surface area (Å²) in [5, 5.41) is 11.7. The molecule has 11 heavy (non-hydrogen) atoms. The van der Waals surface area contributed by atoms with Gasteiger partial charge in [0.15, 0.2) is 0 Å². The van der Waals surface area contributed by atoms with Crippen LogP contribution in [0.2, 0.25) is 0 Å². The van der Waals surface area contributed by atoms with Crippen molar-refractivity contribution in [3.63, 3.8) is 0 Å². The molecule has 0 bridgehead atoms. The number of hydrogen-bond donors (Lipinski definition) is 0. The minimum Gasteiger partial charge on any atom is -0.344 e. The van der Waals surface area contributed by atoms with E-state index in [2.05, 4.69) is 0 Å². The standard InChI is InChI=1S/C9H15O2/c10-9(6-1-2-7-9)11-8-4-3-5-8/h8H,1-7H2. The lowest BCUT2D eigenvalue weighted by molar-refractivity contribution is -0.269. The lowest BCUT2D eigenvalue weighted by Crippen LogP contribution is -2.35. The zero-order valence-electron chi connectivity index (χ0n) is 6.84. The average molecular weight is 155 g/mol. The lowest BCUT2D eigenvalue weighted by Gasteiger charge is -2.32. The van der Waals surface area contributed by atoms with Gasteiger partial charge in [-0.1, -0.05) is 0 Å². The molecule has 2 saturated carbocycles. The van der Waals surface area contributed by atoms with Gasteiger partial charge in [0.25, 0.3) is 0 Å². The fraction of sp³-hybridized carbons (Fsp3) is 1.00. The second kappa shape index (κ2) is 2.76. The summed E-state index contributed by atoms with van der Waals surface area (Å²) in [5.41, 5.74) is 0. The second-order valence-corrected chi connectivity index (χ2v) is 3.79. The molecule has 0 heterocycles. The number of hydrogen-bond acceptors (Lipinski definition) is 1. The van der Waals surface area contributed by atoms with Gasteiger partial charge in [0.2, 0.25) is 5.79 Å². The first kappa shape index (κ1) is 7.56. The first-order valence-electron chi connectivity index (χ1n) is 4.67. The van der Waals surface area contributed by atoms with E-state index in [-0.39, 0.29) is 0 Å². The first-order valence-corrected chi connectivity index (χ1v) is 4.67. The Labute approximate surface area is 67.6 Å². The highest BCUT2D eigenvalue weighted by molar-refractivity contribution is 4.79. The predicted octanol–water partition coefficient (Wildman–Crippen LogP) is 2.26. The highest BCUT2D eigenvalue weighted by Crippen LogP contribution is 2.36. The molecule has 1 radical (unpaired) electrons. The van der Waals surface area contributed by atoms with Gasteiger partial charge in [0.1, 0.15) is 0 Å². The summed E-state index contributed by atoms with van der Waals surface area (Å²) in [5.74, 6) is -0.981. The van der Waals surface area contributed by atoms with Crippen LogP contribution in [0.3, 0.4) is 0 Å². The average Bonchev–Trinajstić information content (AvgIpc) is 2.29. The molecule has 0 saturated heterocycles. The Bertz CT molecular complexity index is 134. The van der Waals surface area contributed by atoms with Crippen LogP contribution in [0.5, 0.6) is 0 Å². The zero-order valence-corrected chi connectivity index (χ0v) is 6.84. The normalized spacial score (nSPS) is 30.3. The number of ether oxygens (including phenoxy) is 1. The van der Waals surface area contributed by atoms with Crippen molar-refractivity contribution < 1.29 is 9.84 Å². The topological polar surface area (TPSA) is 29.1 Å². The Kier molecular flexibility index (Phi) is 1.90. The van der Waals surface area contributed by atoms with Crippen LogP contribution in [0.1, 0.15) is 44.9 Å². The van der Waals surface area contributed by atoms with Gasteiger partial charge in [-0.25, -0.2) is 0 Å². The summed E-state index contributed by atoms with van der Waals surface area (Å²) in [6.45, 7) is 0. The SMILES string of the molecule is [O]C1(OC2CCC2)CCCC1. The van der Waals surface area contributed by atoms with Gasteiger partial charge in [-0.05, 0) is 32.1 Å². The molecule has 2 rings (SSSR count). The van der Waals surface area contributed by atoms with Crippen molar-refractivity contribution in [1.29, 1.82) is 0 Å². The van der Waals surface area contributed by atoms with Gasteiger partial charge in [-0.2, -0.15) is 5.11 Å². The van der Waals surface area contributed by atoms with E-state index in [0.29, 0.717) is 6.10 Å². The highest BCUT2D eigenvalue weighted by Gasteiger charge is 2.38. The Hall–Kier alpha value is -0.0800. The molecular formula is C9H15O2. The van der Waals surface area contributed by atoms with Crippen molar-refractivity contribution in [2.75, 3.05) is 0 Å². The third-order valence-corrected chi connectivity index (χ3v) is 2.80. The molecule has 0 unspecified atom stereocenters. The maximum atomic E-state index is 11.7. The van der Waals surface area contributed by atoms with E-state index in [0.717, 1.165) is 38.5 Å². The Balaban J connectivity index is 1.82. The Morgan fingerprint density at radius 1 is 1.09 bits per heavy atom. The van der Waals surface area contributed by atoms with Crippen molar-refractivity contribution in [2.45, 2.75) is 56.8 Å². The summed E-state index contributed by atoms with van der Waals surface area (Å²) in [4.78, 5) is 0. The minimum atomic E-state index is -0.981. The van der Waals surface area contributed by atoms with Gasteiger partial charge < -0.3 is 4.74 Å².